The van der Waals surface area contributed by atoms with Gasteiger partial charge < -0.3 is 9.64 Å². The van der Waals surface area contributed by atoms with Crippen LogP contribution >= 0.6 is 0 Å². The Labute approximate surface area is 156 Å². The van der Waals surface area contributed by atoms with Crippen LogP contribution in [0.1, 0.15) is 23.2 Å². The number of methoxy groups -OCH3 is 1. The highest BCUT2D eigenvalue weighted by Crippen LogP contribution is 2.39. The molecule has 0 aliphatic carbocycles. The molecule has 1 aromatic carbocycles. The third-order valence-electron chi connectivity index (χ3n) is 5.08. The van der Waals surface area contributed by atoms with Crippen molar-refractivity contribution in [3.05, 3.63) is 65.9 Å². The standard InChI is InChI=1S/C20H18N4O3/c1-3-16-15-8-14(27-2)5-4-13(15)11-24(16)12-20(9-18(25)23-19(20)26)17-10-21-6-7-22-17/h4-8,10H,1,9,11-12H2,2H3,(H,23,25,26)/t20-/m1/s1. The van der Waals surface area contributed by atoms with Gasteiger partial charge >= 0.3 is 0 Å². The highest BCUT2D eigenvalue weighted by Gasteiger charge is 2.51. The molecule has 2 amide bonds. The summed E-state index contributed by atoms with van der Waals surface area (Å²) in [6.45, 7) is 4.67. The second-order valence-electron chi connectivity index (χ2n) is 6.63. The first kappa shape index (κ1) is 17.0. The van der Waals surface area contributed by atoms with E-state index in [0.29, 0.717) is 12.2 Å². The van der Waals surface area contributed by atoms with Crippen molar-refractivity contribution in [2.24, 2.45) is 0 Å². The topological polar surface area (TPSA) is 84.4 Å². The van der Waals surface area contributed by atoms with Crippen LogP contribution in [0.4, 0.5) is 0 Å². The van der Waals surface area contributed by atoms with Crippen LogP contribution in [0.3, 0.4) is 0 Å². The first-order valence-corrected chi connectivity index (χ1v) is 8.50. The minimum absolute atomic E-state index is 0.0329. The summed E-state index contributed by atoms with van der Waals surface area (Å²) >= 11 is 0. The van der Waals surface area contributed by atoms with Gasteiger partial charge in [0.05, 0.1) is 18.5 Å². The fraction of sp³-hybridized carbons (Fsp3) is 0.250. The number of imide groups is 1. The van der Waals surface area contributed by atoms with Crippen LogP contribution in [0.15, 0.2) is 49.1 Å². The molecule has 7 nitrogen and oxygen atoms in total. The molecule has 0 saturated carbocycles. The number of hydrogen-bond acceptors (Lipinski definition) is 6. The lowest BCUT2D eigenvalue weighted by Crippen LogP contribution is -2.45. The first-order valence-electron chi connectivity index (χ1n) is 8.50. The first-order chi connectivity index (χ1) is 13.1. The van der Waals surface area contributed by atoms with Crippen molar-refractivity contribution in [3.8, 4) is 5.75 Å². The molecule has 0 unspecified atom stereocenters. The van der Waals surface area contributed by atoms with Crippen molar-refractivity contribution in [2.75, 3.05) is 13.7 Å². The van der Waals surface area contributed by atoms with Gasteiger partial charge in [-0.25, -0.2) is 0 Å². The van der Waals surface area contributed by atoms with Crippen LogP contribution in [-0.4, -0.2) is 40.3 Å². The van der Waals surface area contributed by atoms with Gasteiger partial charge in [0.2, 0.25) is 11.8 Å². The van der Waals surface area contributed by atoms with Gasteiger partial charge in [0, 0.05) is 43.7 Å². The minimum Gasteiger partial charge on any atom is -0.497 e. The fourth-order valence-electron chi connectivity index (χ4n) is 3.77. The van der Waals surface area contributed by atoms with Gasteiger partial charge in [-0.3, -0.25) is 24.9 Å². The van der Waals surface area contributed by atoms with Crippen LogP contribution in [-0.2, 0) is 21.5 Å². The summed E-state index contributed by atoms with van der Waals surface area (Å²) in [4.78, 5) is 35.2. The zero-order valence-electron chi connectivity index (χ0n) is 14.9. The summed E-state index contributed by atoms with van der Waals surface area (Å²) in [5, 5.41) is 2.41. The Kier molecular flexibility index (Phi) is 4.01. The second kappa shape index (κ2) is 6.37. The van der Waals surface area contributed by atoms with Crippen molar-refractivity contribution in [1.82, 2.24) is 20.2 Å². The zero-order chi connectivity index (χ0) is 19.0. The highest BCUT2D eigenvalue weighted by molar-refractivity contribution is 6.09. The minimum atomic E-state index is -1.10. The number of fused-ring (bicyclic) bond motifs is 1. The Morgan fingerprint density at radius 3 is 2.85 bits per heavy atom. The quantitative estimate of drug-likeness (QED) is 0.654. The van der Waals surface area contributed by atoms with Crippen LogP contribution in [0.2, 0.25) is 0 Å². The molecule has 2 aromatic rings. The van der Waals surface area contributed by atoms with Gasteiger partial charge in [0.15, 0.2) is 0 Å². The second-order valence-corrected chi connectivity index (χ2v) is 6.63. The Bertz CT molecular complexity index is 982. The zero-order valence-corrected chi connectivity index (χ0v) is 14.9. The van der Waals surface area contributed by atoms with Crippen LogP contribution in [0.5, 0.6) is 5.75 Å². The number of rotatable bonds is 4. The normalized spacial score (nSPS) is 21.1. The molecule has 1 saturated heterocycles. The molecule has 7 heteroatoms. The maximum atomic E-state index is 12.8. The van der Waals surface area contributed by atoms with Gasteiger partial charge in [-0.1, -0.05) is 12.6 Å². The smallest absolute Gasteiger partial charge is 0.241 e. The molecule has 0 bridgehead atoms. The molecule has 3 heterocycles. The maximum Gasteiger partial charge on any atom is 0.241 e. The predicted molar refractivity (Wildman–Crippen MR) is 97.4 cm³/mol. The van der Waals surface area contributed by atoms with E-state index in [1.165, 1.54) is 6.20 Å². The predicted octanol–water partition coefficient (Wildman–Crippen LogP) is 1.41. The van der Waals surface area contributed by atoms with Crippen molar-refractivity contribution in [2.45, 2.75) is 18.4 Å². The van der Waals surface area contributed by atoms with Crippen LogP contribution < -0.4 is 10.1 Å². The number of benzene rings is 1. The van der Waals surface area contributed by atoms with Crippen molar-refractivity contribution in [1.29, 1.82) is 0 Å². The number of nitrogens with one attached hydrogen (secondary N) is 1. The van der Waals surface area contributed by atoms with Gasteiger partial charge in [0.1, 0.15) is 11.2 Å². The van der Waals surface area contributed by atoms with E-state index in [-0.39, 0.29) is 24.8 Å². The molecule has 2 aliphatic heterocycles. The summed E-state index contributed by atoms with van der Waals surface area (Å²) in [7, 11) is 1.61. The fourth-order valence-corrected chi connectivity index (χ4v) is 3.77. The van der Waals surface area contributed by atoms with Gasteiger partial charge in [-0.05, 0) is 17.7 Å². The van der Waals surface area contributed by atoms with E-state index in [4.69, 9.17) is 4.74 Å². The molecular formula is C20H18N4O3. The van der Waals surface area contributed by atoms with E-state index in [1.807, 2.05) is 23.1 Å². The number of carbonyl (C=O) groups excluding carboxylic acids is 2. The SMILES string of the molecule is C=C=C1c2cc(OC)ccc2CN1C[C@@]1(c2cnccn2)CC(=O)NC1=O. The maximum absolute atomic E-state index is 12.8. The van der Waals surface area contributed by atoms with Crippen molar-refractivity contribution in [3.63, 3.8) is 0 Å². The van der Waals surface area contributed by atoms with Gasteiger partial charge in [-0.15, -0.1) is 5.73 Å². The van der Waals surface area contributed by atoms with Gasteiger partial charge in [-0.2, -0.15) is 0 Å². The Morgan fingerprint density at radius 1 is 1.37 bits per heavy atom. The molecule has 4 rings (SSSR count). The largest absolute Gasteiger partial charge is 0.497 e. The molecule has 136 valence electrons. The van der Waals surface area contributed by atoms with E-state index in [1.54, 1.807) is 19.5 Å². The molecule has 1 N–H and O–H groups in total. The average molecular weight is 362 g/mol. The third-order valence-corrected chi connectivity index (χ3v) is 5.08. The molecule has 0 radical (unpaired) electrons. The molecule has 2 aliphatic rings. The van der Waals surface area contributed by atoms with Crippen molar-refractivity contribution >= 4 is 17.5 Å². The Morgan fingerprint density at radius 2 is 2.22 bits per heavy atom. The Hall–Kier alpha value is -3.44. The van der Waals surface area contributed by atoms with E-state index < -0.39 is 5.41 Å². The molecular weight excluding hydrogens is 344 g/mol. The summed E-state index contributed by atoms with van der Waals surface area (Å²) in [6, 6.07) is 5.81. The molecule has 1 atom stereocenters. The highest BCUT2D eigenvalue weighted by atomic mass is 16.5. The van der Waals surface area contributed by atoms with Gasteiger partial charge in [0.25, 0.3) is 0 Å². The lowest BCUT2D eigenvalue weighted by molar-refractivity contribution is -0.126. The third kappa shape index (κ3) is 2.69. The van der Waals surface area contributed by atoms with Crippen LogP contribution in [0, 0.1) is 0 Å². The number of hydrogen-bond donors (Lipinski definition) is 1. The summed E-state index contributed by atoms with van der Waals surface area (Å²) < 4.78 is 5.31. The molecule has 1 aromatic heterocycles. The van der Waals surface area contributed by atoms with Crippen LogP contribution in [0.25, 0.3) is 5.70 Å². The number of ether oxygens (including phenoxy) is 1. The Balaban J connectivity index is 1.74. The summed E-state index contributed by atoms with van der Waals surface area (Å²) in [6.07, 6.45) is 4.65. The monoisotopic (exact) mass is 362 g/mol. The summed E-state index contributed by atoms with van der Waals surface area (Å²) in [5.74, 6) is 0.0684. The van der Waals surface area contributed by atoms with Crippen molar-refractivity contribution < 1.29 is 14.3 Å². The molecule has 27 heavy (non-hydrogen) atoms. The number of nitrogens with zero attached hydrogens (tertiary/aromatic N) is 3. The summed E-state index contributed by atoms with van der Waals surface area (Å²) in [5.41, 5.74) is 5.18. The number of amides is 2. The van der Waals surface area contributed by atoms with E-state index in [0.717, 1.165) is 22.6 Å². The lowest BCUT2D eigenvalue weighted by Gasteiger charge is -2.31. The van der Waals surface area contributed by atoms with E-state index in [9.17, 15) is 9.59 Å². The molecule has 1 fully saturated rings. The average Bonchev–Trinajstić information content (AvgIpc) is 3.18. The number of aromatic nitrogens is 2. The van der Waals surface area contributed by atoms with E-state index in [2.05, 4.69) is 27.6 Å². The lowest BCUT2D eigenvalue weighted by atomic mass is 9.82. The number of carbonyl (C=O) groups is 2. The molecule has 0 spiro atoms. The van der Waals surface area contributed by atoms with E-state index >= 15 is 0 Å².